The summed E-state index contributed by atoms with van der Waals surface area (Å²) in [6.07, 6.45) is 0.410. The van der Waals surface area contributed by atoms with Crippen LogP contribution < -0.4 is 10.2 Å². The molecule has 2 aromatic rings. The molecule has 7 nitrogen and oxygen atoms in total. The Morgan fingerprint density at radius 3 is 2.15 bits per heavy atom. The molecule has 7 heteroatoms. The zero-order chi connectivity index (χ0) is 19.6. The second kappa shape index (κ2) is 7.41. The number of aryl methyl sites for hydroxylation is 1. The van der Waals surface area contributed by atoms with Crippen LogP contribution in [0.2, 0.25) is 0 Å². The van der Waals surface area contributed by atoms with Gasteiger partial charge in [0.1, 0.15) is 0 Å². The van der Waals surface area contributed by atoms with Crippen molar-refractivity contribution in [1.82, 2.24) is 0 Å². The lowest BCUT2D eigenvalue weighted by Gasteiger charge is -2.14. The van der Waals surface area contributed by atoms with Crippen LogP contribution in [0.5, 0.6) is 0 Å². The number of hydrogen-bond acceptors (Lipinski definition) is 5. The van der Waals surface area contributed by atoms with Crippen molar-refractivity contribution < 1.29 is 23.9 Å². The number of imide groups is 1. The number of nitrogens with one attached hydrogen (secondary N) is 1. The van der Waals surface area contributed by atoms with E-state index >= 15 is 0 Å². The van der Waals surface area contributed by atoms with E-state index in [0.29, 0.717) is 22.5 Å². The minimum Gasteiger partial charge on any atom is -0.465 e. The predicted octanol–water partition coefficient (Wildman–Crippen LogP) is 2.69. The Balaban J connectivity index is 1.78. The second-order valence-electron chi connectivity index (χ2n) is 6.15. The van der Waals surface area contributed by atoms with Crippen LogP contribution in [0, 0.1) is 6.92 Å². The number of hydrogen-bond donors (Lipinski definition) is 1. The molecule has 0 radical (unpaired) electrons. The molecule has 27 heavy (non-hydrogen) atoms. The highest BCUT2D eigenvalue weighted by atomic mass is 16.5. The zero-order valence-electron chi connectivity index (χ0n) is 14.9. The highest BCUT2D eigenvalue weighted by molar-refractivity contribution is 6.20. The van der Waals surface area contributed by atoms with E-state index in [4.69, 9.17) is 0 Å². The molecule has 1 heterocycles. The topological polar surface area (TPSA) is 92.8 Å². The van der Waals surface area contributed by atoms with Gasteiger partial charge < -0.3 is 10.1 Å². The Bertz CT molecular complexity index is 918. The van der Waals surface area contributed by atoms with Gasteiger partial charge in [0.15, 0.2) is 0 Å². The Morgan fingerprint density at radius 2 is 1.56 bits per heavy atom. The van der Waals surface area contributed by atoms with Crippen molar-refractivity contribution in [3.8, 4) is 0 Å². The summed E-state index contributed by atoms with van der Waals surface area (Å²) in [7, 11) is 1.29. The van der Waals surface area contributed by atoms with Gasteiger partial charge in [-0.15, -0.1) is 0 Å². The molecule has 1 saturated heterocycles. The summed E-state index contributed by atoms with van der Waals surface area (Å²) in [5.41, 5.74) is 2.43. The van der Waals surface area contributed by atoms with Gasteiger partial charge in [-0.25, -0.2) is 4.79 Å². The van der Waals surface area contributed by atoms with E-state index in [-0.39, 0.29) is 30.6 Å². The Morgan fingerprint density at radius 1 is 0.963 bits per heavy atom. The summed E-state index contributed by atoms with van der Waals surface area (Å²) in [5, 5.41) is 2.76. The quantitative estimate of drug-likeness (QED) is 0.663. The number of carbonyl (C=O) groups is 4. The summed E-state index contributed by atoms with van der Waals surface area (Å²) < 4.78 is 4.69. The molecule has 0 bridgehead atoms. The van der Waals surface area contributed by atoms with E-state index in [0.717, 1.165) is 10.5 Å². The molecule has 1 aliphatic rings. The molecule has 0 atom stereocenters. The van der Waals surface area contributed by atoms with Gasteiger partial charge in [-0.1, -0.05) is 6.07 Å². The first-order valence-corrected chi connectivity index (χ1v) is 8.37. The van der Waals surface area contributed by atoms with E-state index in [1.54, 1.807) is 42.5 Å². The molecule has 0 aromatic heterocycles. The van der Waals surface area contributed by atoms with Crippen LogP contribution in [-0.2, 0) is 14.3 Å². The van der Waals surface area contributed by atoms with Gasteiger partial charge >= 0.3 is 5.97 Å². The van der Waals surface area contributed by atoms with Crippen LogP contribution >= 0.6 is 0 Å². The van der Waals surface area contributed by atoms with E-state index in [9.17, 15) is 19.2 Å². The molecule has 3 rings (SSSR count). The second-order valence-corrected chi connectivity index (χ2v) is 6.15. The molecule has 0 aliphatic carbocycles. The number of carbonyl (C=O) groups excluding carboxylic acids is 4. The fraction of sp³-hybridized carbons (Fsp3) is 0.200. The van der Waals surface area contributed by atoms with E-state index in [2.05, 4.69) is 10.1 Å². The van der Waals surface area contributed by atoms with E-state index < -0.39 is 5.97 Å². The summed E-state index contributed by atoms with van der Waals surface area (Å²) in [6.45, 7) is 1.81. The zero-order valence-corrected chi connectivity index (χ0v) is 14.9. The van der Waals surface area contributed by atoms with Crippen LogP contribution in [-0.4, -0.2) is 30.8 Å². The van der Waals surface area contributed by atoms with E-state index in [1.165, 1.54) is 7.11 Å². The predicted molar refractivity (Wildman–Crippen MR) is 98.6 cm³/mol. The highest BCUT2D eigenvalue weighted by Gasteiger charge is 2.30. The molecule has 0 unspecified atom stereocenters. The Kier molecular flexibility index (Phi) is 5.03. The minimum atomic E-state index is -0.491. The van der Waals surface area contributed by atoms with Gasteiger partial charge in [-0.2, -0.15) is 0 Å². The van der Waals surface area contributed by atoms with E-state index in [1.807, 2.05) is 6.92 Å². The summed E-state index contributed by atoms with van der Waals surface area (Å²) >= 11 is 0. The molecule has 1 aliphatic heterocycles. The SMILES string of the molecule is COC(=O)c1ccc(C)c(NC(=O)c2ccc(N3C(=O)CCC3=O)cc2)c1. The number of benzene rings is 2. The Labute approximate surface area is 155 Å². The van der Waals surface area contributed by atoms with Crippen molar-refractivity contribution in [2.75, 3.05) is 17.3 Å². The molecule has 138 valence electrons. The number of esters is 1. The number of ether oxygens (including phenoxy) is 1. The lowest BCUT2D eigenvalue weighted by atomic mass is 10.1. The maximum absolute atomic E-state index is 12.5. The van der Waals surface area contributed by atoms with Crippen molar-refractivity contribution in [3.05, 3.63) is 59.2 Å². The highest BCUT2D eigenvalue weighted by Crippen LogP contribution is 2.24. The number of methoxy groups -OCH3 is 1. The fourth-order valence-electron chi connectivity index (χ4n) is 2.82. The summed E-state index contributed by atoms with van der Waals surface area (Å²) in [6, 6.07) is 11.1. The molecule has 0 saturated carbocycles. The Hall–Kier alpha value is -3.48. The van der Waals surface area contributed by atoms with Gasteiger partial charge in [-0.05, 0) is 48.9 Å². The molecular formula is C20H18N2O5. The van der Waals surface area contributed by atoms with Gasteiger partial charge in [-0.3, -0.25) is 19.3 Å². The third kappa shape index (κ3) is 3.72. The monoisotopic (exact) mass is 366 g/mol. The van der Waals surface area contributed by atoms with Crippen molar-refractivity contribution in [2.24, 2.45) is 0 Å². The van der Waals surface area contributed by atoms with Crippen molar-refractivity contribution in [1.29, 1.82) is 0 Å². The van der Waals surface area contributed by atoms with Gasteiger partial charge in [0.2, 0.25) is 11.8 Å². The molecule has 1 N–H and O–H groups in total. The largest absolute Gasteiger partial charge is 0.465 e. The number of anilines is 2. The number of nitrogens with zero attached hydrogens (tertiary/aromatic N) is 1. The van der Waals surface area contributed by atoms with Gasteiger partial charge in [0, 0.05) is 24.1 Å². The van der Waals surface area contributed by atoms with Gasteiger partial charge in [0.25, 0.3) is 5.91 Å². The van der Waals surface area contributed by atoms with Crippen molar-refractivity contribution >= 4 is 35.1 Å². The minimum absolute atomic E-state index is 0.205. The maximum Gasteiger partial charge on any atom is 0.337 e. The smallest absolute Gasteiger partial charge is 0.337 e. The number of rotatable bonds is 4. The first kappa shape index (κ1) is 18.3. The average molecular weight is 366 g/mol. The number of amides is 3. The molecule has 3 amide bonds. The summed E-state index contributed by atoms with van der Waals surface area (Å²) in [5.74, 6) is -1.35. The third-order valence-electron chi connectivity index (χ3n) is 4.35. The van der Waals surface area contributed by atoms with Crippen LogP contribution in [0.4, 0.5) is 11.4 Å². The molecular weight excluding hydrogens is 348 g/mol. The van der Waals surface area contributed by atoms with Crippen LogP contribution in [0.1, 0.15) is 39.1 Å². The molecule has 1 fully saturated rings. The third-order valence-corrected chi connectivity index (χ3v) is 4.35. The summed E-state index contributed by atoms with van der Waals surface area (Å²) in [4.78, 5) is 48.9. The first-order chi connectivity index (χ1) is 12.9. The molecule has 2 aromatic carbocycles. The average Bonchev–Trinajstić information content (AvgIpc) is 3.01. The van der Waals surface area contributed by atoms with Crippen LogP contribution in [0.15, 0.2) is 42.5 Å². The fourth-order valence-corrected chi connectivity index (χ4v) is 2.82. The normalized spacial score (nSPS) is 13.6. The van der Waals surface area contributed by atoms with Crippen molar-refractivity contribution in [2.45, 2.75) is 19.8 Å². The lowest BCUT2D eigenvalue weighted by molar-refractivity contribution is -0.121. The lowest BCUT2D eigenvalue weighted by Crippen LogP contribution is -2.28. The van der Waals surface area contributed by atoms with Crippen LogP contribution in [0.25, 0.3) is 0 Å². The van der Waals surface area contributed by atoms with Crippen molar-refractivity contribution in [3.63, 3.8) is 0 Å². The standard InChI is InChI=1S/C20H18N2O5/c1-12-3-4-14(20(26)27-2)11-16(12)21-19(25)13-5-7-15(8-6-13)22-17(23)9-10-18(22)24/h3-8,11H,9-10H2,1-2H3,(H,21,25). The first-order valence-electron chi connectivity index (χ1n) is 8.37. The maximum atomic E-state index is 12.5. The van der Waals surface area contributed by atoms with Gasteiger partial charge in [0.05, 0.1) is 18.4 Å². The molecule has 0 spiro atoms. The van der Waals surface area contributed by atoms with Crippen LogP contribution in [0.3, 0.4) is 0 Å².